The molecule has 21 heavy (non-hydrogen) atoms. The maximum Gasteiger partial charge on any atom is 0.405 e. The van der Waals surface area contributed by atoms with E-state index in [0.29, 0.717) is 6.54 Å². The van der Waals surface area contributed by atoms with Crippen LogP contribution in [0.5, 0.6) is 0 Å². The third-order valence-corrected chi connectivity index (χ3v) is 3.02. The average molecular weight is 301 g/mol. The molecule has 0 bridgehead atoms. The second-order valence-corrected chi connectivity index (χ2v) is 4.65. The van der Waals surface area contributed by atoms with Gasteiger partial charge in [-0.25, -0.2) is 4.79 Å². The lowest BCUT2D eigenvalue weighted by molar-refractivity contribution is -0.124. The van der Waals surface area contributed by atoms with E-state index in [1.165, 1.54) is 0 Å². The van der Waals surface area contributed by atoms with Gasteiger partial charge in [0.2, 0.25) is 5.91 Å². The minimum absolute atomic E-state index is 0.0730. The molecule has 1 aromatic rings. The summed E-state index contributed by atoms with van der Waals surface area (Å²) in [6, 6.07) is 6.39. The van der Waals surface area contributed by atoms with Gasteiger partial charge in [-0.05, 0) is 18.1 Å². The molecule has 0 atom stereocenters. The van der Waals surface area contributed by atoms with E-state index in [4.69, 9.17) is 0 Å². The first-order valence-corrected chi connectivity index (χ1v) is 6.32. The van der Waals surface area contributed by atoms with Crippen LogP contribution in [0.3, 0.4) is 0 Å². The Morgan fingerprint density at radius 2 is 1.95 bits per heavy atom. The summed E-state index contributed by atoms with van der Waals surface area (Å²) in [5, 5.41) is 3.46. The summed E-state index contributed by atoms with van der Waals surface area (Å²) in [6.45, 7) is -0.911. The number of carbonyl (C=O) groups is 2. The van der Waals surface area contributed by atoms with Gasteiger partial charge in [0.05, 0.1) is 6.54 Å². The maximum absolute atomic E-state index is 11.9. The van der Waals surface area contributed by atoms with Crippen molar-refractivity contribution in [2.45, 2.75) is 12.6 Å². The van der Waals surface area contributed by atoms with E-state index in [1.807, 2.05) is 29.6 Å². The van der Waals surface area contributed by atoms with Crippen molar-refractivity contribution in [1.29, 1.82) is 0 Å². The third-order valence-electron chi connectivity index (χ3n) is 3.02. The van der Waals surface area contributed by atoms with Gasteiger partial charge < -0.3 is 10.2 Å². The number of anilines is 1. The first-order chi connectivity index (χ1) is 9.85. The molecule has 0 saturated carbocycles. The van der Waals surface area contributed by atoms with Crippen molar-refractivity contribution < 1.29 is 22.8 Å². The van der Waals surface area contributed by atoms with Gasteiger partial charge >= 0.3 is 12.2 Å². The smallest absolute Gasteiger partial charge is 0.362 e. The summed E-state index contributed by atoms with van der Waals surface area (Å²) in [4.78, 5) is 24.6. The zero-order chi connectivity index (χ0) is 15.5. The number of carbonyl (C=O) groups excluding carboxylic acids is 2. The molecule has 3 amide bonds. The molecule has 8 heteroatoms. The fraction of sp³-hybridized carbons (Fsp3) is 0.385. The molecule has 0 aliphatic carbocycles. The van der Waals surface area contributed by atoms with Crippen LogP contribution in [0.1, 0.15) is 5.56 Å². The molecule has 0 radical (unpaired) electrons. The normalized spacial score (nSPS) is 13.8. The highest BCUT2D eigenvalue weighted by Gasteiger charge is 2.28. The molecule has 1 aliphatic rings. The Balaban J connectivity index is 1.82. The minimum atomic E-state index is -4.51. The van der Waals surface area contributed by atoms with E-state index < -0.39 is 24.7 Å². The van der Waals surface area contributed by atoms with Crippen LogP contribution in [0.4, 0.5) is 23.7 Å². The predicted molar refractivity (Wildman–Crippen MR) is 70.0 cm³/mol. The highest BCUT2D eigenvalue weighted by molar-refractivity contribution is 5.96. The lowest BCUT2D eigenvalue weighted by atomic mass is 10.2. The maximum atomic E-state index is 11.9. The molecule has 2 rings (SSSR count). The molecule has 0 unspecified atom stereocenters. The topological polar surface area (TPSA) is 61.4 Å². The Kier molecular flexibility index (Phi) is 4.35. The summed E-state index contributed by atoms with van der Waals surface area (Å²) in [7, 11) is 0. The zero-order valence-electron chi connectivity index (χ0n) is 11.0. The van der Waals surface area contributed by atoms with Crippen molar-refractivity contribution in [1.82, 2.24) is 10.6 Å². The number of hydrogen-bond acceptors (Lipinski definition) is 3. The first-order valence-electron chi connectivity index (χ1n) is 6.32. The van der Waals surface area contributed by atoms with Crippen LogP contribution in [0.25, 0.3) is 0 Å². The molecular weight excluding hydrogens is 287 g/mol. The summed E-state index contributed by atoms with van der Waals surface area (Å²) in [5.41, 5.74) is 2.01. The molecule has 114 valence electrons. The molecule has 0 spiro atoms. The number of imide groups is 1. The van der Waals surface area contributed by atoms with Crippen LogP contribution >= 0.6 is 0 Å². The van der Waals surface area contributed by atoms with Gasteiger partial charge in [-0.1, -0.05) is 18.2 Å². The van der Waals surface area contributed by atoms with Gasteiger partial charge in [0, 0.05) is 12.2 Å². The Morgan fingerprint density at radius 3 is 2.67 bits per heavy atom. The van der Waals surface area contributed by atoms with Crippen molar-refractivity contribution >= 4 is 17.6 Å². The SMILES string of the molecule is O=C(CN1CCc2ccccc21)NC(=O)NCC(F)(F)F. The highest BCUT2D eigenvalue weighted by atomic mass is 19.4. The first kappa shape index (κ1) is 15.1. The van der Waals surface area contributed by atoms with Crippen molar-refractivity contribution in [2.75, 3.05) is 24.5 Å². The molecule has 1 aliphatic heterocycles. The van der Waals surface area contributed by atoms with E-state index in [-0.39, 0.29) is 6.54 Å². The van der Waals surface area contributed by atoms with E-state index in [0.717, 1.165) is 17.7 Å². The van der Waals surface area contributed by atoms with E-state index >= 15 is 0 Å². The molecule has 2 N–H and O–H groups in total. The summed E-state index contributed by atoms with van der Waals surface area (Å²) >= 11 is 0. The molecular formula is C13H14F3N3O2. The van der Waals surface area contributed by atoms with Crippen molar-refractivity contribution in [3.63, 3.8) is 0 Å². The number of nitrogens with zero attached hydrogens (tertiary/aromatic N) is 1. The number of nitrogens with one attached hydrogen (secondary N) is 2. The molecule has 0 aromatic heterocycles. The summed E-state index contributed by atoms with van der Waals surface area (Å²) < 4.78 is 35.7. The highest BCUT2D eigenvalue weighted by Crippen LogP contribution is 2.26. The van der Waals surface area contributed by atoms with Gasteiger partial charge in [-0.15, -0.1) is 0 Å². The molecule has 5 nitrogen and oxygen atoms in total. The second-order valence-electron chi connectivity index (χ2n) is 4.65. The summed E-state index contributed by atoms with van der Waals surface area (Å²) in [6.07, 6.45) is -3.71. The quantitative estimate of drug-likeness (QED) is 0.888. The number of hydrogen-bond donors (Lipinski definition) is 2. The molecule has 1 aromatic carbocycles. The number of alkyl halides is 3. The Morgan fingerprint density at radius 1 is 1.24 bits per heavy atom. The number of para-hydroxylation sites is 1. The second kappa shape index (κ2) is 6.02. The third kappa shape index (κ3) is 4.37. The largest absolute Gasteiger partial charge is 0.405 e. The van der Waals surface area contributed by atoms with Gasteiger partial charge in [0.1, 0.15) is 6.54 Å². The van der Waals surface area contributed by atoms with Crippen molar-refractivity contribution in [2.24, 2.45) is 0 Å². The molecule has 1 heterocycles. The Bertz CT molecular complexity index is 546. The van der Waals surface area contributed by atoms with Crippen LogP contribution in [0, 0.1) is 0 Å². The van der Waals surface area contributed by atoms with Crippen LogP contribution in [-0.4, -0.2) is 37.7 Å². The van der Waals surface area contributed by atoms with Gasteiger partial charge in [0.15, 0.2) is 0 Å². The Labute approximate surface area is 119 Å². The van der Waals surface area contributed by atoms with Crippen LogP contribution in [-0.2, 0) is 11.2 Å². The lowest BCUT2D eigenvalue weighted by Crippen LogP contribution is -2.46. The van der Waals surface area contributed by atoms with Crippen LogP contribution < -0.4 is 15.5 Å². The number of urea groups is 1. The van der Waals surface area contributed by atoms with Crippen molar-refractivity contribution in [3.05, 3.63) is 29.8 Å². The minimum Gasteiger partial charge on any atom is -0.362 e. The van der Waals surface area contributed by atoms with E-state index in [2.05, 4.69) is 0 Å². The van der Waals surface area contributed by atoms with Crippen LogP contribution in [0.15, 0.2) is 24.3 Å². The monoisotopic (exact) mass is 301 g/mol. The average Bonchev–Trinajstić information content (AvgIpc) is 2.79. The molecule has 0 saturated heterocycles. The predicted octanol–water partition coefficient (Wildman–Crippen LogP) is 1.44. The van der Waals surface area contributed by atoms with Crippen molar-refractivity contribution in [3.8, 4) is 0 Å². The number of benzene rings is 1. The molecule has 0 fully saturated rings. The fourth-order valence-electron chi connectivity index (χ4n) is 2.14. The van der Waals surface area contributed by atoms with Gasteiger partial charge in [-0.2, -0.15) is 13.2 Å². The number of fused-ring (bicyclic) bond motifs is 1. The lowest BCUT2D eigenvalue weighted by Gasteiger charge is -2.18. The summed E-state index contributed by atoms with van der Waals surface area (Å²) in [5.74, 6) is -0.647. The number of halogens is 3. The standard InChI is InChI=1S/C13H14F3N3O2/c14-13(15,16)8-17-12(21)18-11(20)7-19-6-5-9-3-1-2-4-10(9)19/h1-4H,5-8H2,(H2,17,18,20,21). The van der Waals surface area contributed by atoms with E-state index in [1.54, 1.807) is 10.2 Å². The fourth-order valence-corrected chi connectivity index (χ4v) is 2.14. The van der Waals surface area contributed by atoms with Crippen LogP contribution in [0.2, 0.25) is 0 Å². The van der Waals surface area contributed by atoms with Gasteiger partial charge in [-0.3, -0.25) is 10.1 Å². The van der Waals surface area contributed by atoms with E-state index in [9.17, 15) is 22.8 Å². The zero-order valence-corrected chi connectivity index (χ0v) is 11.0. The van der Waals surface area contributed by atoms with Gasteiger partial charge in [0.25, 0.3) is 0 Å². The Hall–Kier alpha value is -2.25. The number of amides is 3. The number of rotatable bonds is 3.